The lowest BCUT2D eigenvalue weighted by molar-refractivity contribution is -0.0366. The lowest BCUT2D eigenvalue weighted by Gasteiger charge is -2.31. The fourth-order valence-corrected chi connectivity index (χ4v) is 3.80. The molecular weight excluding hydrogens is 382 g/mol. The van der Waals surface area contributed by atoms with Crippen LogP contribution in [0, 0.1) is 13.8 Å². The van der Waals surface area contributed by atoms with Gasteiger partial charge >= 0.3 is 0 Å². The van der Waals surface area contributed by atoms with Crippen LogP contribution in [-0.2, 0) is 4.74 Å². The first-order valence-electron chi connectivity index (χ1n) is 9.84. The molecule has 3 aromatic heterocycles. The van der Waals surface area contributed by atoms with Gasteiger partial charge < -0.3 is 19.1 Å². The van der Waals surface area contributed by atoms with Gasteiger partial charge in [-0.25, -0.2) is 0 Å². The smallest absolute Gasteiger partial charge is 0.257 e. The summed E-state index contributed by atoms with van der Waals surface area (Å²) in [7, 11) is 0. The molecule has 0 unspecified atom stereocenters. The predicted molar refractivity (Wildman–Crippen MR) is 110 cm³/mol. The van der Waals surface area contributed by atoms with E-state index in [1.807, 2.05) is 37.3 Å². The molecule has 1 N–H and O–H groups in total. The predicted octanol–water partition coefficient (Wildman–Crippen LogP) is 3.44. The molecule has 5 rings (SSSR count). The molecular formula is C22H21N5O3. The Morgan fingerprint density at radius 2 is 2.03 bits per heavy atom. The Kier molecular flexibility index (Phi) is 4.55. The van der Waals surface area contributed by atoms with Crippen LogP contribution in [0.3, 0.4) is 0 Å². The van der Waals surface area contributed by atoms with Crippen molar-refractivity contribution in [3.05, 3.63) is 65.4 Å². The number of pyridine rings is 1. The molecule has 0 bridgehead atoms. The van der Waals surface area contributed by atoms with Gasteiger partial charge in [-0.3, -0.25) is 9.78 Å². The molecule has 4 heterocycles. The Morgan fingerprint density at radius 1 is 1.20 bits per heavy atom. The fourth-order valence-electron chi connectivity index (χ4n) is 3.80. The van der Waals surface area contributed by atoms with Crippen molar-refractivity contribution < 1.29 is 14.1 Å². The van der Waals surface area contributed by atoms with Crippen molar-refractivity contribution >= 4 is 16.8 Å². The Morgan fingerprint density at radius 3 is 2.87 bits per heavy atom. The number of hydrogen-bond donors (Lipinski definition) is 1. The van der Waals surface area contributed by atoms with Crippen LogP contribution in [-0.4, -0.2) is 50.6 Å². The number of rotatable bonds is 3. The molecule has 8 heteroatoms. The van der Waals surface area contributed by atoms with Crippen LogP contribution >= 0.6 is 0 Å². The minimum absolute atomic E-state index is 0.0379. The van der Waals surface area contributed by atoms with Gasteiger partial charge in [-0.1, -0.05) is 17.3 Å². The monoisotopic (exact) mass is 403 g/mol. The Balaban J connectivity index is 1.39. The van der Waals surface area contributed by atoms with E-state index in [-0.39, 0.29) is 5.91 Å². The number of aromatic nitrogens is 4. The molecule has 1 amide bonds. The Hall–Kier alpha value is -3.52. The number of amides is 1. The number of para-hydroxylation sites is 1. The first kappa shape index (κ1) is 18.5. The highest BCUT2D eigenvalue weighted by Gasteiger charge is 2.31. The van der Waals surface area contributed by atoms with Crippen molar-refractivity contribution in [2.75, 3.05) is 19.7 Å². The zero-order chi connectivity index (χ0) is 20.7. The maximum atomic E-state index is 13.3. The Bertz CT molecular complexity index is 1210. The Labute approximate surface area is 172 Å². The first-order chi connectivity index (χ1) is 14.6. The summed E-state index contributed by atoms with van der Waals surface area (Å²) in [6.07, 6.45) is 2.89. The third kappa shape index (κ3) is 3.15. The number of morpholine rings is 1. The molecule has 0 saturated carbocycles. The lowest BCUT2D eigenvalue weighted by atomic mass is 10.1. The molecule has 1 aromatic carbocycles. The summed E-state index contributed by atoms with van der Waals surface area (Å²) in [4.78, 5) is 26.9. The molecule has 0 spiro atoms. The molecule has 30 heavy (non-hydrogen) atoms. The van der Waals surface area contributed by atoms with E-state index >= 15 is 0 Å². The molecule has 152 valence electrons. The summed E-state index contributed by atoms with van der Waals surface area (Å²) >= 11 is 0. The average molecular weight is 403 g/mol. The summed E-state index contributed by atoms with van der Waals surface area (Å²) in [6.45, 7) is 5.34. The van der Waals surface area contributed by atoms with Crippen molar-refractivity contribution in [1.82, 2.24) is 25.0 Å². The highest BCUT2D eigenvalue weighted by molar-refractivity contribution is 6.06. The summed E-state index contributed by atoms with van der Waals surface area (Å²) in [5.74, 6) is 0.801. The van der Waals surface area contributed by atoms with Gasteiger partial charge in [-0.05, 0) is 37.6 Å². The number of carbonyl (C=O) groups excluding carboxylic acids is 1. The number of ether oxygens (including phenoxy) is 1. The van der Waals surface area contributed by atoms with Gasteiger partial charge in [-0.2, -0.15) is 4.98 Å². The molecule has 1 atom stereocenters. The van der Waals surface area contributed by atoms with Gasteiger partial charge in [0, 0.05) is 35.6 Å². The van der Waals surface area contributed by atoms with Crippen molar-refractivity contribution in [3.8, 4) is 11.4 Å². The fraction of sp³-hybridized carbons (Fsp3) is 0.273. The highest BCUT2D eigenvalue weighted by atomic mass is 16.5. The molecule has 1 saturated heterocycles. The maximum Gasteiger partial charge on any atom is 0.257 e. The number of fused-ring (bicyclic) bond motifs is 1. The van der Waals surface area contributed by atoms with Gasteiger partial charge in [0.1, 0.15) is 0 Å². The second kappa shape index (κ2) is 7.38. The molecule has 1 aliphatic heterocycles. The largest absolute Gasteiger partial charge is 0.365 e. The van der Waals surface area contributed by atoms with Crippen LogP contribution in [0.1, 0.15) is 33.6 Å². The molecule has 0 radical (unpaired) electrons. The molecule has 0 aliphatic carbocycles. The van der Waals surface area contributed by atoms with Gasteiger partial charge in [0.05, 0.1) is 24.2 Å². The van der Waals surface area contributed by atoms with Gasteiger partial charge in [0.2, 0.25) is 5.82 Å². The SMILES string of the molecule is Cc1[nH]c2c(C(=O)N3CCO[C@H](c4nc(-c5ccncc5)no4)C3)cccc2c1C. The normalized spacial score (nSPS) is 16.9. The van der Waals surface area contributed by atoms with Crippen LogP contribution in [0.25, 0.3) is 22.3 Å². The zero-order valence-corrected chi connectivity index (χ0v) is 16.8. The number of nitrogens with zero attached hydrogens (tertiary/aromatic N) is 4. The zero-order valence-electron chi connectivity index (χ0n) is 16.8. The second-order valence-corrected chi connectivity index (χ2v) is 7.41. The van der Waals surface area contributed by atoms with E-state index in [0.29, 0.717) is 37.0 Å². The van der Waals surface area contributed by atoms with E-state index < -0.39 is 6.10 Å². The standard InChI is InChI=1S/C22H21N5O3/c1-13-14(2)24-19-16(13)4-3-5-17(19)22(28)27-10-11-29-18(12-27)21-25-20(26-30-21)15-6-8-23-9-7-15/h3-9,18,24H,10-12H2,1-2H3/t18-/m0/s1. The number of benzene rings is 1. The van der Waals surface area contributed by atoms with Gasteiger partial charge in [-0.15, -0.1) is 0 Å². The summed E-state index contributed by atoms with van der Waals surface area (Å²) in [5.41, 5.74) is 4.58. The van der Waals surface area contributed by atoms with Crippen molar-refractivity contribution in [2.45, 2.75) is 20.0 Å². The lowest BCUT2D eigenvalue weighted by Crippen LogP contribution is -2.42. The average Bonchev–Trinajstić information content (AvgIpc) is 3.39. The van der Waals surface area contributed by atoms with Crippen LogP contribution in [0.4, 0.5) is 0 Å². The van der Waals surface area contributed by atoms with Crippen LogP contribution < -0.4 is 0 Å². The number of nitrogens with one attached hydrogen (secondary N) is 1. The van der Waals surface area contributed by atoms with Crippen LogP contribution in [0.2, 0.25) is 0 Å². The third-order valence-corrected chi connectivity index (χ3v) is 5.58. The topological polar surface area (TPSA) is 97.1 Å². The molecule has 1 aliphatic rings. The van der Waals surface area contributed by atoms with E-state index in [9.17, 15) is 4.79 Å². The summed E-state index contributed by atoms with van der Waals surface area (Å²) < 4.78 is 11.3. The quantitative estimate of drug-likeness (QED) is 0.563. The second-order valence-electron chi connectivity index (χ2n) is 7.41. The van der Waals surface area contributed by atoms with E-state index in [1.54, 1.807) is 17.3 Å². The maximum absolute atomic E-state index is 13.3. The summed E-state index contributed by atoms with van der Waals surface area (Å²) in [6, 6.07) is 9.44. The van der Waals surface area contributed by atoms with Crippen LogP contribution in [0.5, 0.6) is 0 Å². The van der Waals surface area contributed by atoms with E-state index in [2.05, 4.69) is 27.0 Å². The first-order valence-corrected chi connectivity index (χ1v) is 9.84. The van der Waals surface area contributed by atoms with Gasteiger partial charge in [0.15, 0.2) is 6.10 Å². The molecule has 8 nitrogen and oxygen atoms in total. The van der Waals surface area contributed by atoms with Crippen LogP contribution in [0.15, 0.2) is 47.2 Å². The number of aromatic amines is 1. The van der Waals surface area contributed by atoms with Crippen molar-refractivity contribution in [2.24, 2.45) is 0 Å². The third-order valence-electron chi connectivity index (χ3n) is 5.58. The number of carbonyl (C=O) groups is 1. The van der Waals surface area contributed by atoms with E-state index in [1.165, 1.54) is 0 Å². The summed E-state index contributed by atoms with van der Waals surface area (Å²) in [5, 5.41) is 5.11. The number of aryl methyl sites for hydroxylation is 2. The number of hydrogen-bond acceptors (Lipinski definition) is 6. The van der Waals surface area contributed by atoms with Gasteiger partial charge in [0.25, 0.3) is 11.8 Å². The minimum Gasteiger partial charge on any atom is -0.365 e. The number of H-pyrrole nitrogens is 1. The van der Waals surface area contributed by atoms with E-state index in [4.69, 9.17) is 9.26 Å². The van der Waals surface area contributed by atoms with E-state index in [0.717, 1.165) is 27.7 Å². The van der Waals surface area contributed by atoms with Crippen molar-refractivity contribution in [3.63, 3.8) is 0 Å². The minimum atomic E-state index is -0.461. The van der Waals surface area contributed by atoms with Crippen molar-refractivity contribution in [1.29, 1.82) is 0 Å². The molecule has 1 fully saturated rings. The highest BCUT2D eigenvalue weighted by Crippen LogP contribution is 2.28. The molecule has 4 aromatic rings.